The fraction of sp³-hybridized carbons (Fsp3) is 0.219. The minimum atomic E-state index is -0.635. The topological polar surface area (TPSA) is 79.1 Å². The Kier molecular flexibility index (Phi) is 8.74. The third-order valence-corrected chi connectivity index (χ3v) is 8.56. The number of carbonyl (C=O) groups excluding carboxylic acids is 1. The normalized spacial score (nSPS) is 14.9. The number of rotatable bonds is 8. The second kappa shape index (κ2) is 12.4. The molecule has 0 amide bonds. The maximum absolute atomic E-state index is 13.9. The Hall–Kier alpha value is -3.70. The molecule has 0 N–H and O–H groups in total. The molecule has 7 nitrogen and oxygen atoms in total. The molecule has 2 heterocycles. The smallest absolute Gasteiger partial charge is 0.338 e. The lowest BCUT2D eigenvalue weighted by molar-refractivity contribution is -0.136. The summed E-state index contributed by atoms with van der Waals surface area (Å²) in [6.07, 6.45) is 2.35. The number of esters is 1. The lowest BCUT2D eigenvalue weighted by Gasteiger charge is -2.25. The summed E-state index contributed by atoms with van der Waals surface area (Å²) in [4.78, 5) is 32.1. The van der Waals surface area contributed by atoms with Gasteiger partial charge >= 0.3 is 5.97 Å². The zero-order valence-corrected chi connectivity index (χ0v) is 26.1. The SMILES string of the molecule is CCC1=C(C(=O)OC)[C@@H](c2ccccc2)n2c(s/c(=C\c3cc(I)c(OCc4cccc(C)c4)c(OC)c3)c2=O)=N1. The van der Waals surface area contributed by atoms with E-state index in [2.05, 4.69) is 28.7 Å². The van der Waals surface area contributed by atoms with Gasteiger partial charge in [-0.2, -0.15) is 0 Å². The van der Waals surface area contributed by atoms with Crippen molar-refractivity contribution in [1.82, 2.24) is 4.57 Å². The van der Waals surface area contributed by atoms with Crippen LogP contribution >= 0.6 is 33.9 Å². The molecule has 1 aliphatic heterocycles. The lowest BCUT2D eigenvalue weighted by Crippen LogP contribution is -2.40. The van der Waals surface area contributed by atoms with E-state index >= 15 is 0 Å². The minimum Gasteiger partial charge on any atom is -0.493 e. The van der Waals surface area contributed by atoms with Gasteiger partial charge in [-0.3, -0.25) is 9.36 Å². The van der Waals surface area contributed by atoms with Gasteiger partial charge in [-0.05, 0) is 70.8 Å². The molecule has 9 heteroatoms. The molecule has 0 spiro atoms. The molecule has 0 fully saturated rings. The van der Waals surface area contributed by atoms with Gasteiger partial charge in [0, 0.05) is 0 Å². The second-order valence-corrected chi connectivity index (χ2v) is 11.7. The van der Waals surface area contributed by atoms with E-state index in [1.165, 1.54) is 24.0 Å². The van der Waals surface area contributed by atoms with E-state index in [0.717, 1.165) is 20.3 Å². The van der Waals surface area contributed by atoms with Gasteiger partial charge in [0.05, 0.1) is 39.6 Å². The molecule has 1 aliphatic rings. The molecule has 0 saturated heterocycles. The number of thiazole rings is 1. The molecule has 0 unspecified atom stereocenters. The van der Waals surface area contributed by atoms with E-state index in [1.54, 1.807) is 11.7 Å². The Labute approximate surface area is 255 Å². The molecule has 0 aliphatic carbocycles. The number of hydrogen-bond donors (Lipinski definition) is 0. The molecule has 1 aromatic heterocycles. The van der Waals surface area contributed by atoms with Gasteiger partial charge in [0.2, 0.25) is 0 Å². The number of methoxy groups -OCH3 is 2. The largest absolute Gasteiger partial charge is 0.493 e. The van der Waals surface area contributed by atoms with E-state index in [9.17, 15) is 9.59 Å². The zero-order chi connectivity index (χ0) is 29.1. The van der Waals surface area contributed by atoms with Crippen molar-refractivity contribution < 1.29 is 19.0 Å². The quantitative estimate of drug-likeness (QED) is 0.187. The molecule has 41 heavy (non-hydrogen) atoms. The zero-order valence-electron chi connectivity index (χ0n) is 23.1. The predicted molar refractivity (Wildman–Crippen MR) is 168 cm³/mol. The first kappa shape index (κ1) is 28.8. The summed E-state index contributed by atoms with van der Waals surface area (Å²) in [5.41, 5.74) is 4.61. The van der Waals surface area contributed by atoms with Gasteiger partial charge < -0.3 is 14.2 Å². The van der Waals surface area contributed by atoms with Crippen LogP contribution in [-0.2, 0) is 16.1 Å². The molecule has 5 rings (SSSR count). The monoisotopic (exact) mass is 680 g/mol. The Bertz CT molecular complexity index is 1820. The van der Waals surface area contributed by atoms with Crippen molar-refractivity contribution >= 4 is 46.0 Å². The number of fused-ring (bicyclic) bond motifs is 1. The summed E-state index contributed by atoms with van der Waals surface area (Å²) in [6.45, 7) is 4.40. The van der Waals surface area contributed by atoms with Crippen LogP contribution in [-0.4, -0.2) is 24.8 Å². The number of nitrogens with zero attached hydrogens (tertiary/aromatic N) is 2. The molecule has 1 atom stereocenters. The molecule has 0 bridgehead atoms. The maximum atomic E-state index is 13.9. The number of allylic oxidation sites excluding steroid dienone is 1. The van der Waals surface area contributed by atoms with Crippen molar-refractivity contribution in [2.24, 2.45) is 4.99 Å². The number of benzene rings is 3. The van der Waals surface area contributed by atoms with E-state index in [4.69, 9.17) is 19.2 Å². The van der Waals surface area contributed by atoms with Crippen molar-refractivity contribution in [2.75, 3.05) is 14.2 Å². The number of halogens is 1. The Morgan fingerprint density at radius 3 is 2.56 bits per heavy atom. The molecular weight excluding hydrogens is 651 g/mol. The van der Waals surface area contributed by atoms with Crippen LogP contribution in [0.15, 0.2) is 87.8 Å². The average Bonchev–Trinajstić information content (AvgIpc) is 3.29. The summed E-state index contributed by atoms with van der Waals surface area (Å²) in [7, 11) is 2.95. The average molecular weight is 681 g/mol. The van der Waals surface area contributed by atoms with Gasteiger partial charge in [-0.25, -0.2) is 9.79 Å². The van der Waals surface area contributed by atoms with Crippen LogP contribution < -0.4 is 24.4 Å². The van der Waals surface area contributed by atoms with Gasteiger partial charge in [0.15, 0.2) is 16.3 Å². The van der Waals surface area contributed by atoms with Crippen molar-refractivity contribution in [3.8, 4) is 11.5 Å². The van der Waals surface area contributed by atoms with Crippen molar-refractivity contribution in [1.29, 1.82) is 0 Å². The number of aryl methyl sites for hydroxylation is 1. The number of aromatic nitrogens is 1. The van der Waals surface area contributed by atoms with Crippen molar-refractivity contribution in [3.63, 3.8) is 0 Å². The first-order valence-electron chi connectivity index (χ1n) is 13.1. The van der Waals surface area contributed by atoms with Gasteiger partial charge in [0.25, 0.3) is 5.56 Å². The van der Waals surface area contributed by atoms with E-state index < -0.39 is 12.0 Å². The number of hydrogen-bond acceptors (Lipinski definition) is 7. The van der Waals surface area contributed by atoms with Crippen LogP contribution in [0.1, 0.15) is 41.6 Å². The van der Waals surface area contributed by atoms with Crippen LogP contribution in [0.25, 0.3) is 6.08 Å². The molecule has 3 aromatic carbocycles. The fourth-order valence-corrected chi connectivity index (χ4v) is 6.69. The number of ether oxygens (including phenoxy) is 3. The third kappa shape index (κ3) is 5.87. The van der Waals surface area contributed by atoms with Crippen LogP contribution in [0.2, 0.25) is 0 Å². The summed E-state index contributed by atoms with van der Waals surface area (Å²) < 4.78 is 19.9. The molecule has 210 valence electrons. The minimum absolute atomic E-state index is 0.229. The Balaban J connectivity index is 1.59. The van der Waals surface area contributed by atoms with Crippen LogP contribution in [0.4, 0.5) is 0 Å². The highest BCUT2D eigenvalue weighted by molar-refractivity contribution is 14.1. The first-order valence-corrected chi connectivity index (χ1v) is 15.0. The standard InChI is InChI=1S/C32H29IN2O5S/c1-5-24-27(31(37)39-4)28(22-12-7-6-8-13-22)35-30(36)26(41-32(35)34-24)17-21-15-23(33)29(25(16-21)38-3)40-18-20-11-9-10-19(2)14-20/h6-17,28H,5,18H2,1-4H3/b26-17-/t28-/m1/s1. The highest BCUT2D eigenvalue weighted by Gasteiger charge is 2.33. The fourth-order valence-electron chi connectivity index (χ4n) is 4.89. The van der Waals surface area contributed by atoms with E-state index in [1.807, 2.05) is 80.6 Å². The number of carbonyl (C=O) groups is 1. The van der Waals surface area contributed by atoms with Crippen LogP contribution in [0.3, 0.4) is 0 Å². The summed E-state index contributed by atoms with van der Waals surface area (Å²) >= 11 is 3.52. The van der Waals surface area contributed by atoms with E-state index in [-0.39, 0.29) is 5.56 Å². The highest BCUT2D eigenvalue weighted by Crippen LogP contribution is 2.35. The predicted octanol–water partition coefficient (Wildman–Crippen LogP) is 5.30. The summed E-state index contributed by atoms with van der Waals surface area (Å²) in [6, 6.07) is 20.9. The second-order valence-electron chi connectivity index (χ2n) is 9.51. The van der Waals surface area contributed by atoms with Crippen molar-refractivity contribution in [2.45, 2.75) is 32.9 Å². The van der Waals surface area contributed by atoms with E-state index in [0.29, 0.717) is 45.1 Å². The first-order chi connectivity index (χ1) is 19.8. The molecular formula is C32H29IN2O5S. The summed E-state index contributed by atoms with van der Waals surface area (Å²) in [5.74, 6) is 0.730. The summed E-state index contributed by atoms with van der Waals surface area (Å²) in [5, 5.41) is 0. The molecule has 0 radical (unpaired) electrons. The maximum Gasteiger partial charge on any atom is 0.338 e. The lowest BCUT2D eigenvalue weighted by atomic mass is 9.95. The van der Waals surface area contributed by atoms with Gasteiger partial charge in [-0.1, -0.05) is 78.4 Å². The van der Waals surface area contributed by atoms with Gasteiger partial charge in [-0.15, -0.1) is 0 Å². The van der Waals surface area contributed by atoms with Crippen LogP contribution in [0.5, 0.6) is 11.5 Å². The Morgan fingerprint density at radius 2 is 1.88 bits per heavy atom. The molecule has 4 aromatic rings. The van der Waals surface area contributed by atoms with Crippen LogP contribution in [0, 0.1) is 10.5 Å². The Morgan fingerprint density at radius 1 is 1.10 bits per heavy atom. The molecule has 0 saturated carbocycles. The third-order valence-electron chi connectivity index (χ3n) is 6.78. The highest BCUT2D eigenvalue weighted by atomic mass is 127. The van der Waals surface area contributed by atoms with Gasteiger partial charge in [0.1, 0.15) is 6.61 Å². The van der Waals surface area contributed by atoms with Crippen molar-refractivity contribution in [3.05, 3.63) is 124 Å².